The zero-order valence-electron chi connectivity index (χ0n) is 11.7. The van der Waals surface area contributed by atoms with Crippen molar-refractivity contribution in [1.29, 1.82) is 0 Å². The molecular formula is C14H15N5O2. The Bertz CT molecular complexity index is 797. The lowest BCUT2D eigenvalue weighted by Gasteiger charge is -2.14. The van der Waals surface area contributed by atoms with Crippen LogP contribution in [0.1, 0.15) is 25.3 Å². The van der Waals surface area contributed by atoms with Crippen molar-refractivity contribution in [3.63, 3.8) is 0 Å². The van der Waals surface area contributed by atoms with E-state index in [0.717, 1.165) is 10.9 Å². The molecule has 0 aliphatic rings. The van der Waals surface area contributed by atoms with E-state index >= 15 is 0 Å². The first-order chi connectivity index (χ1) is 10.1. The quantitative estimate of drug-likeness (QED) is 0.760. The lowest BCUT2D eigenvalue weighted by molar-refractivity contribution is 0.475. The molecule has 4 N–H and O–H groups in total. The number of nitrogen functional groups attached to an aromatic ring is 2. The summed E-state index contributed by atoms with van der Waals surface area (Å²) in [7, 11) is 0. The molecule has 0 fully saturated rings. The van der Waals surface area contributed by atoms with Crippen molar-refractivity contribution in [2.45, 2.75) is 19.8 Å². The van der Waals surface area contributed by atoms with E-state index in [2.05, 4.69) is 28.8 Å². The van der Waals surface area contributed by atoms with Gasteiger partial charge in [-0.3, -0.25) is 0 Å². The van der Waals surface area contributed by atoms with Gasteiger partial charge in [-0.2, -0.15) is 4.98 Å². The number of nitrogens with two attached hydrogens (primary N) is 2. The van der Waals surface area contributed by atoms with Gasteiger partial charge in [-0.15, -0.1) is 0 Å². The Balaban J connectivity index is 2.14. The van der Waals surface area contributed by atoms with Crippen molar-refractivity contribution in [2.75, 3.05) is 11.5 Å². The van der Waals surface area contributed by atoms with Crippen LogP contribution in [-0.4, -0.2) is 15.0 Å². The van der Waals surface area contributed by atoms with E-state index in [4.69, 9.17) is 20.6 Å². The summed E-state index contributed by atoms with van der Waals surface area (Å²) in [6, 6.07) is 1.80. The Morgan fingerprint density at radius 2 is 2.00 bits per heavy atom. The molecule has 7 nitrogen and oxygen atoms in total. The second kappa shape index (κ2) is 4.93. The van der Waals surface area contributed by atoms with Gasteiger partial charge in [0, 0.05) is 11.8 Å². The molecule has 0 saturated carbocycles. The van der Waals surface area contributed by atoms with Gasteiger partial charge in [-0.05, 0) is 12.0 Å². The first-order valence-corrected chi connectivity index (χ1v) is 6.48. The summed E-state index contributed by atoms with van der Waals surface area (Å²) in [5.41, 5.74) is 12.8. The van der Waals surface area contributed by atoms with E-state index in [9.17, 15) is 0 Å². The smallest absolute Gasteiger partial charge is 0.229 e. The largest absolute Gasteiger partial charge is 0.451 e. The molecule has 21 heavy (non-hydrogen) atoms. The van der Waals surface area contributed by atoms with E-state index < -0.39 is 0 Å². The van der Waals surface area contributed by atoms with Crippen molar-refractivity contribution < 1.29 is 9.15 Å². The second-order valence-electron chi connectivity index (χ2n) is 4.92. The minimum absolute atomic E-state index is 0.104. The number of hydrogen-bond donors (Lipinski definition) is 2. The molecule has 3 aromatic heterocycles. The molecule has 0 aromatic carbocycles. The second-order valence-corrected chi connectivity index (χ2v) is 4.92. The minimum Gasteiger partial charge on any atom is -0.451 e. The van der Waals surface area contributed by atoms with Crippen LogP contribution in [-0.2, 0) is 0 Å². The zero-order chi connectivity index (χ0) is 15.0. The maximum Gasteiger partial charge on any atom is 0.229 e. The highest BCUT2D eigenvalue weighted by molar-refractivity contribution is 5.83. The number of aromatic nitrogens is 3. The Hall–Kier alpha value is -2.83. The van der Waals surface area contributed by atoms with Crippen molar-refractivity contribution in [3.8, 4) is 11.5 Å². The number of hydrogen-bond acceptors (Lipinski definition) is 7. The van der Waals surface area contributed by atoms with E-state index in [1.807, 2.05) is 0 Å². The van der Waals surface area contributed by atoms with Crippen molar-refractivity contribution in [1.82, 2.24) is 15.0 Å². The van der Waals surface area contributed by atoms with Gasteiger partial charge in [0.1, 0.15) is 5.75 Å². The van der Waals surface area contributed by atoms with Crippen LogP contribution in [0.2, 0.25) is 0 Å². The lowest BCUT2D eigenvalue weighted by atomic mass is 10.0. The van der Waals surface area contributed by atoms with Gasteiger partial charge in [0.15, 0.2) is 11.6 Å². The number of rotatable bonds is 3. The molecule has 0 radical (unpaired) electrons. The molecule has 3 rings (SSSR count). The number of furan rings is 1. The van der Waals surface area contributed by atoms with Crippen LogP contribution in [0.3, 0.4) is 0 Å². The van der Waals surface area contributed by atoms with Gasteiger partial charge >= 0.3 is 0 Å². The van der Waals surface area contributed by atoms with Gasteiger partial charge in [-0.1, -0.05) is 13.8 Å². The Labute approximate surface area is 121 Å². The SMILES string of the molecule is CC(C)c1cnc2occc2c1Oc1cnc(N)nc1N. The third-order valence-corrected chi connectivity index (χ3v) is 3.11. The number of ether oxygens (including phenoxy) is 1. The summed E-state index contributed by atoms with van der Waals surface area (Å²) in [6.45, 7) is 4.11. The fourth-order valence-electron chi connectivity index (χ4n) is 2.03. The maximum atomic E-state index is 5.92. The van der Waals surface area contributed by atoms with Crippen LogP contribution in [0.4, 0.5) is 11.8 Å². The van der Waals surface area contributed by atoms with E-state index in [0.29, 0.717) is 17.2 Å². The Morgan fingerprint density at radius 1 is 1.19 bits per heavy atom. The first-order valence-electron chi connectivity index (χ1n) is 6.48. The van der Waals surface area contributed by atoms with Crippen LogP contribution in [0.5, 0.6) is 11.5 Å². The highest BCUT2D eigenvalue weighted by atomic mass is 16.5. The van der Waals surface area contributed by atoms with Crippen LogP contribution in [0.15, 0.2) is 29.1 Å². The summed E-state index contributed by atoms with van der Waals surface area (Å²) in [4.78, 5) is 12.1. The summed E-state index contributed by atoms with van der Waals surface area (Å²) in [6.07, 6.45) is 4.76. The number of pyridine rings is 1. The topological polar surface area (TPSA) is 113 Å². The average molecular weight is 285 g/mol. The number of fused-ring (bicyclic) bond motifs is 1. The van der Waals surface area contributed by atoms with E-state index in [1.54, 1.807) is 18.5 Å². The molecule has 108 valence electrons. The molecule has 0 bridgehead atoms. The fraction of sp³-hybridized carbons (Fsp3) is 0.214. The Kier molecular flexibility index (Phi) is 3.09. The third-order valence-electron chi connectivity index (χ3n) is 3.11. The highest BCUT2D eigenvalue weighted by Gasteiger charge is 2.17. The van der Waals surface area contributed by atoms with Gasteiger partial charge in [0.2, 0.25) is 11.7 Å². The van der Waals surface area contributed by atoms with Gasteiger partial charge < -0.3 is 20.6 Å². The summed E-state index contributed by atoms with van der Waals surface area (Å²) in [5.74, 6) is 1.50. The van der Waals surface area contributed by atoms with Crippen LogP contribution < -0.4 is 16.2 Å². The normalized spacial score (nSPS) is 11.2. The molecule has 0 saturated heterocycles. The molecule has 7 heteroatoms. The third kappa shape index (κ3) is 2.33. The van der Waals surface area contributed by atoms with Crippen LogP contribution in [0, 0.1) is 0 Å². The molecule has 0 atom stereocenters. The molecule has 0 spiro atoms. The van der Waals surface area contributed by atoms with E-state index in [-0.39, 0.29) is 17.7 Å². The van der Waals surface area contributed by atoms with E-state index in [1.165, 1.54) is 6.20 Å². The van der Waals surface area contributed by atoms with Gasteiger partial charge in [-0.25, -0.2) is 9.97 Å². The molecule has 0 amide bonds. The predicted octanol–water partition coefficient (Wildman–Crippen LogP) is 2.70. The number of anilines is 2. The molecule has 0 unspecified atom stereocenters. The van der Waals surface area contributed by atoms with Crippen molar-refractivity contribution >= 4 is 22.9 Å². The maximum absolute atomic E-state index is 5.92. The molecular weight excluding hydrogens is 270 g/mol. The number of nitrogens with zero attached hydrogens (tertiary/aromatic N) is 3. The highest BCUT2D eigenvalue weighted by Crippen LogP contribution is 2.37. The van der Waals surface area contributed by atoms with Gasteiger partial charge in [0.25, 0.3) is 0 Å². The Morgan fingerprint density at radius 3 is 2.71 bits per heavy atom. The monoisotopic (exact) mass is 285 g/mol. The standard InChI is InChI=1S/C14H15N5O2/c1-7(2)9-5-17-13-8(3-4-20-13)11(9)21-10-6-18-14(16)19-12(10)15/h3-7H,1-2H3,(H4,15,16,18,19). The molecule has 3 aromatic rings. The fourth-order valence-corrected chi connectivity index (χ4v) is 2.03. The zero-order valence-corrected chi connectivity index (χ0v) is 11.7. The average Bonchev–Trinajstić information content (AvgIpc) is 2.90. The predicted molar refractivity (Wildman–Crippen MR) is 79.0 cm³/mol. The molecule has 0 aliphatic carbocycles. The first kappa shape index (κ1) is 13.2. The van der Waals surface area contributed by atoms with Gasteiger partial charge in [0.05, 0.1) is 17.8 Å². The summed E-state index contributed by atoms with van der Waals surface area (Å²) in [5, 5.41) is 0.775. The van der Waals surface area contributed by atoms with Crippen LogP contribution in [0.25, 0.3) is 11.1 Å². The molecule has 0 aliphatic heterocycles. The van der Waals surface area contributed by atoms with Crippen molar-refractivity contribution in [3.05, 3.63) is 30.3 Å². The molecule has 3 heterocycles. The minimum atomic E-state index is 0.104. The summed E-state index contributed by atoms with van der Waals surface area (Å²) < 4.78 is 11.2. The lowest BCUT2D eigenvalue weighted by Crippen LogP contribution is -2.03. The summed E-state index contributed by atoms with van der Waals surface area (Å²) >= 11 is 0. The van der Waals surface area contributed by atoms with Crippen LogP contribution >= 0.6 is 0 Å². The van der Waals surface area contributed by atoms with Crippen molar-refractivity contribution in [2.24, 2.45) is 0 Å².